The van der Waals surface area contributed by atoms with Gasteiger partial charge in [-0.1, -0.05) is 18.2 Å². The van der Waals surface area contributed by atoms with Gasteiger partial charge in [0, 0.05) is 24.8 Å². The third kappa shape index (κ3) is 1.54. The van der Waals surface area contributed by atoms with E-state index in [2.05, 4.69) is 18.0 Å². The van der Waals surface area contributed by atoms with Crippen molar-refractivity contribution in [2.45, 2.75) is 18.9 Å². The second-order valence-corrected chi connectivity index (χ2v) is 3.64. The molecule has 1 aliphatic heterocycles. The van der Waals surface area contributed by atoms with Crippen LogP contribution < -0.4 is 4.90 Å². The molecule has 1 unspecified atom stereocenters. The Hall–Kier alpha value is -1.02. The third-order valence-corrected chi connectivity index (χ3v) is 2.68. The molecule has 2 nitrogen and oxygen atoms in total. The molecule has 13 heavy (non-hydrogen) atoms. The Labute approximate surface area is 78.8 Å². The number of para-hydroxylation sites is 1. The predicted octanol–water partition coefficient (Wildman–Crippen LogP) is 1.95. The Kier molecular flexibility index (Phi) is 2.23. The number of rotatable bonds is 0. The summed E-state index contributed by atoms with van der Waals surface area (Å²) in [6.45, 7) is 1.04. The first-order valence-electron chi connectivity index (χ1n) is 4.77. The molecular formula is C11H15NO. The van der Waals surface area contributed by atoms with Crippen LogP contribution in [0.3, 0.4) is 0 Å². The topological polar surface area (TPSA) is 23.5 Å². The molecule has 70 valence electrons. The summed E-state index contributed by atoms with van der Waals surface area (Å²) >= 11 is 0. The molecule has 0 spiro atoms. The van der Waals surface area contributed by atoms with E-state index < -0.39 is 0 Å². The highest BCUT2D eigenvalue weighted by Gasteiger charge is 2.17. The van der Waals surface area contributed by atoms with Gasteiger partial charge < -0.3 is 10.0 Å². The molecule has 1 atom stereocenters. The zero-order chi connectivity index (χ0) is 9.26. The van der Waals surface area contributed by atoms with Crippen molar-refractivity contribution in [1.82, 2.24) is 0 Å². The average Bonchev–Trinajstić information content (AvgIpc) is 2.29. The summed E-state index contributed by atoms with van der Waals surface area (Å²) in [4.78, 5) is 2.21. The van der Waals surface area contributed by atoms with E-state index in [1.807, 2.05) is 18.2 Å². The van der Waals surface area contributed by atoms with Crippen molar-refractivity contribution >= 4 is 5.69 Å². The maximum Gasteiger partial charge on any atom is 0.0810 e. The molecule has 1 aromatic rings. The van der Waals surface area contributed by atoms with Crippen molar-refractivity contribution in [3.05, 3.63) is 29.8 Å². The van der Waals surface area contributed by atoms with Crippen molar-refractivity contribution in [3.63, 3.8) is 0 Å². The molecule has 1 N–H and O–H groups in total. The number of fused-ring (bicyclic) bond motifs is 1. The minimum Gasteiger partial charge on any atom is -0.388 e. The normalized spacial score (nSPS) is 22.3. The van der Waals surface area contributed by atoms with Gasteiger partial charge in [-0.05, 0) is 18.9 Å². The molecular weight excluding hydrogens is 162 g/mol. The average molecular weight is 177 g/mol. The van der Waals surface area contributed by atoms with Crippen LogP contribution in [0.5, 0.6) is 0 Å². The summed E-state index contributed by atoms with van der Waals surface area (Å²) in [5, 5.41) is 9.83. The van der Waals surface area contributed by atoms with Crippen molar-refractivity contribution in [2.75, 3.05) is 18.5 Å². The number of anilines is 1. The molecule has 0 bridgehead atoms. The second-order valence-electron chi connectivity index (χ2n) is 3.64. The summed E-state index contributed by atoms with van der Waals surface area (Å²) in [5.41, 5.74) is 2.25. The molecule has 0 amide bonds. The predicted molar refractivity (Wildman–Crippen MR) is 53.9 cm³/mol. The van der Waals surface area contributed by atoms with Crippen LogP contribution in [0.4, 0.5) is 5.69 Å². The quantitative estimate of drug-likeness (QED) is 0.654. The summed E-state index contributed by atoms with van der Waals surface area (Å²) in [6, 6.07) is 8.10. The largest absolute Gasteiger partial charge is 0.388 e. The number of nitrogens with zero attached hydrogens (tertiary/aromatic N) is 1. The molecule has 2 rings (SSSR count). The van der Waals surface area contributed by atoms with E-state index >= 15 is 0 Å². The highest BCUT2D eigenvalue weighted by Crippen LogP contribution is 2.31. The third-order valence-electron chi connectivity index (χ3n) is 2.68. The zero-order valence-corrected chi connectivity index (χ0v) is 7.90. The highest BCUT2D eigenvalue weighted by atomic mass is 16.3. The molecule has 0 saturated carbocycles. The fourth-order valence-corrected chi connectivity index (χ4v) is 1.91. The first-order chi connectivity index (χ1) is 6.29. The Morgan fingerprint density at radius 2 is 2.15 bits per heavy atom. The number of hydrogen-bond acceptors (Lipinski definition) is 2. The van der Waals surface area contributed by atoms with Crippen molar-refractivity contribution in [1.29, 1.82) is 0 Å². The molecule has 0 aliphatic carbocycles. The summed E-state index contributed by atoms with van der Waals surface area (Å²) in [7, 11) is 2.08. The van der Waals surface area contributed by atoms with Crippen LogP contribution >= 0.6 is 0 Å². The minimum atomic E-state index is -0.277. The van der Waals surface area contributed by atoms with Crippen LogP contribution in [0, 0.1) is 0 Å². The lowest BCUT2D eigenvalue weighted by Crippen LogP contribution is -2.17. The molecule has 0 fully saturated rings. The van der Waals surface area contributed by atoms with Gasteiger partial charge >= 0.3 is 0 Å². The molecule has 1 aromatic carbocycles. The van der Waals surface area contributed by atoms with Gasteiger partial charge in [0.1, 0.15) is 0 Å². The van der Waals surface area contributed by atoms with Crippen LogP contribution in [0.2, 0.25) is 0 Å². The summed E-state index contributed by atoms with van der Waals surface area (Å²) in [6.07, 6.45) is 1.66. The van der Waals surface area contributed by atoms with Crippen LogP contribution in [0.15, 0.2) is 24.3 Å². The van der Waals surface area contributed by atoms with Crippen LogP contribution in [-0.2, 0) is 0 Å². The van der Waals surface area contributed by atoms with Gasteiger partial charge in [0.25, 0.3) is 0 Å². The van der Waals surface area contributed by atoms with E-state index in [1.165, 1.54) is 5.69 Å². The molecule has 1 aliphatic rings. The van der Waals surface area contributed by atoms with E-state index in [1.54, 1.807) is 0 Å². The smallest absolute Gasteiger partial charge is 0.0810 e. The maximum absolute atomic E-state index is 9.83. The van der Waals surface area contributed by atoms with E-state index in [9.17, 15) is 5.11 Å². The first-order valence-corrected chi connectivity index (χ1v) is 4.77. The van der Waals surface area contributed by atoms with E-state index in [-0.39, 0.29) is 6.10 Å². The fourth-order valence-electron chi connectivity index (χ4n) is 1.91. The Morgan fingerprint density at radius 1 is 1.38 bits per heavy atom. The molecule has 0 radical (unpaired) electrons. The van der Waals surface area contributed by atoms with Gasteiger partial charge in [-0.2, -0.15) is 0 Å². The van der Waals surface area contributed by atoms with Crippen molar-refractivity contribution in [2.24, 2.45) is 0 Å². The molecule has 2 heteroatoms. The Bertz CT molecular complexity index is 269. The van der Waals surface area contributed by atoms with E-state index in [0.717, 1.165) is 24.9 Å². The Balaban J connectivity index is 2.45. The fraction of sp³-hybridized carbons (Fsp3) is 0.455. The van der Waals surface area contributed by atoms with Crippen molar-refractivity contribution in [3.8, 4) is 0 Å². The van der Waals surface area contributed by atoms with E-state index in [0.29, 0.717) is 0 Å². The van der Waals surface area contributed by atoms with Gasteiger partial charge in [0.15, 0.2) is 0 Å². The number of hydrogen-bond donors (Lipinski definition) is 1. The van der Waals surface area contributed by atoms with Gasteiger partial charge in [-0.15, -0.1) is 0 Å². The molecule has 1 heterocycles. The SMILES string of the molecule is CN1CCCC(O)c2ccccc21. The van der Waals surface area contributed by atoms with Gasteiger partial charge in [-0.3, -0.25) is 0 Å². The van der Waals surface area contributed by atoms with Gasteiger partial charge in [0.2, 0.25) is 0 Å². The monoisotopic (exact) mass is 177 g/mol. The molecule has 0 saturated heterocycles. The zero-order valence-electron chi connectivity index (χ0n) is 7.90. The van der Waals surface area contributed by atoms with Gasteiger partial charge in [0.05, 0.1) is 6.10 Å². The Morgan fingerprint density at radius 3 is 3.00 bits per heavy atom. The second kappa shape index (κ2) is 3.38. The maximum atomic E-state index is 9.83. The first kappa shape index (κ1) is 8.57. The van der Waals surface area contributed by atoms with Crippen molar-refractivity contribution < 1.29 is 5.11 Å². The highest BCUT2D eigenvalue weighted by molar-refractivity contribution is 5.54. The minimum absolute atomic E-state index is 0.277. The number of benzene rings is 1. The summed E-state index contributed by atoms with van der Waals surface area (Å²) in [5.74, 6) is 0. The van der Waals surface area contributed by atoms with Gasteiger partial charge in [-0.25, -0.2) is 0 Å². The summed E-state index contributed by atoms with van der Waals surface area (Å²) < 4.78 is 0. The van der Waals surface area contributed by atoms with E-state index in [4.69, 9.17) is 0 Å². The lowest BCUT2D eigenvalue weighted by Gasteiger charge is -2.19. The van der Waals surface area contributed by atoms with Crippen LogP contribution in [-0.4, -0.2) is 18.7 Å². The van der Waals surface area contributed by atoms with Crippen LogP contribution in [0.1, 0.15) is 24.5 Å². The number of aliphatic hydroxyl groups is 1. The number of aliphatic hydroxyl groups excluding tert-OH is 1. The standard InChI is InChI=1S/C11H15NO/c1-12-8-4-7-11(13)9-5-2-3-6-10(9)12/h2-3,5-6,11,13H,4,7-8H2,1H3. The lowest BCUT2D eigenvalue weighted by molar-refractivity contribution is 0.168. The lowest BCUT2D eigenvalue weighted by atomic mass is 10.1. The molecule has 0 aromatic heterocycles. The van der Waals surface area contributed by atoms with Crippen LogP contribution in [0.25, 0.3) is 0 Å².